The van der Waals surface area contributed by atoms with E-state index in [1.807, 2.05) is 69.3 Å². The van der Waals surface area contributed by atoms with Gasteiger partial charge in [0.05, 0.1) is 5.69 Å². The molecule has 4 heteroatoms. The molecule has 1 heterocycles. The van der Waals surface area contributed by atoms with Crippen LogP contribution in [-0.4, -0.2) is 0 Å². The highest BCUT2D eigenvalue weighted by Crippen LogP contribution is 2.52. The molecule has 4 aromatic rings. The Bertz CT molecular complexity index is 1970. The Labute approximate surface area is 292 Å². The van der Waals surface area contributed by atoms with Gasteiger partial charge >= 0.3 is 0 Å². The maximum absolute atomic E-state index is 7.23. The minimum atomic E-state index is -0.370. The number of anilines is 2. The predicted molar refractivity (Wildman–Crippen MR) is 210 cm³/mol. The van der Waals surface area contributed by atoms with Crippen molar-refractivity contribution >= 4 is 23.0 Å². The van der Waals surface area contributed by atoms with E-state index in [4.69, 9.17) is 5.53 Å². The topological polar surface area (TPSA) is 51.5 Å². The van der Waals surface area contributed by atoms with E-state index in [0.717, 1.165) is 29.7 Å². The molecular formula is C45H46N4. The number of aryl methyl sites for hydroxylation is 1. The number of nitrogens with one attached hydrogen (secondary N) is 2. The predicted octanol–water partition coefficient (Wildman–Crippen LogP) is 12.3. The van der Waals surface area contributed by atoms with Gasteiger partial charge in [0, 0.05) is 23.1 Å². The molecule has 0 bridgehead atoms. The summed E-state index contributed by atoms with van der Waals surface area (Å²) in [6.45, 7) is 16.3. The third-order valence-corrected chi connectivity index (χ3v) is 8.74. The fraction of sp³-hybridized carbons (Fsp3) is 0.156. The van der Waals surface area contributed by atoms with Crippen molar-refractivity contribution in [3.05, 3.63) is 191 Å². The monoisotopic (exact) mass is 642 g/mol. The normalized spacial score (nSPS) is 15.6. The number of fused-ring (bicyclic) bond motifs is 8. The van der Waals surface area contributed by atoms with Crippen LogP contribution in [0.2, 0.25) is 0 Å². The van der Waals surface area contributed by atoms with E-state index < -0.39 is 0 Å². The average molecular weight is 643 g/mol. The second-order valence-electron chi connectivity index (χ2n) is 11.8. The minimum absolute atomic E-state index is 0.370. The molecule has 0 fully saturated rings. The van der Waals surface area contributed by atoms with Crippen LogP contribution >= 0.6 is 0 Å². The van der Waals surface area contributed by atoms with Crippen molar-refractivity contribution in [2.24, 2.45) is 5.11 Å². The first-order valence-corrected chi connectivity index (χ1v) is 17.0. The van der Waals surface area contributed by atoms with Crippen molar-refractivity contribution in [1.29, 1.82) is 5.53 Å². The molecular weight excluding hydrogens is 597 g/mol. The molecule has 4 nitrogen and oxygen atoms in total. The first-order chi connectivity index (χ1) is 24.0. The smallest absolute Gasteiger partial charge is 0.165 e. The van der Waals surface area contributed by atoms with Crippen molar-refractivity contribution in [3.8, 4) is 11.1 Å². The fourth-order valence-electron chi connectivity index (χ4n) is 6.48. The Morgan fingerprint density at radius 2 is 1.65 bits per heavy atom. The fourth-order valence-corrected chi connectivity index (χ4v) is 6.48. The quantitative estimate of drug-likeness (QED) is 0.137. The second-order valence-corrected chi connectivity index (χ2v) is 11.8. The van der Waals surface area contributed by atoms with Gasteiger partial charge in [-0.05, 0) is 102 Å². The maximum atomic E-state index is 7.23. The molecule has 1 atom stereocenters. The molecule has 0 radical (unpaired) electrons. The highest BCUT2D eigenvalue weighted by Gasteiger charge is 2.32. The lowest BCUT2D eigenvalue weighted by Gasteiger charge is -2.30. The number of allylic oxidation sites excluding steroid dienone is 9. The molecule has 7 rings (SSSR count). The third-order valence-electron chi connectivity index (χ3n) is 8.74. The maximum Gasteiger partial charge on any atom is 0.165 e. The third kappa shape index (κ3) is 7.39. The lowest BCUT2D eigenvalue weighted by Crippen LogP contribution is -2.17. The molecule has 0 saturated heterocycles. The molecule has 0 amide bonds. The van der Waals surface area contributed by atoms with Crippen molar-refractivity contribution in [1.82, 2.24) is 5.32 Å². The first kappa shape index (κ1) is 34.6. The number of rotatable bonds is 7. The van der Waals surface area contributed by atoms with E-state index in [9.17, 15) is 0 Å². The molecule has 3 aliphatic rings. The van der Waals surface area contributed by atoms with E-state index >= 15 is 0 Å². The summed E-state index contributed by atoms with van der Waals surface area (Å²) in [7, 11) is 0. The molecule has 49 heavy (non-hydrogen) atoms. The van der Waals surface area contributed by atoms with Crippen molar-refractivity contribution in [2.75, 3.05) is 4.90 Å². The summed E-state index contributed by atoms with van der Waals surface area (Å²) in [5, 5.41) is 6.72. The van der Waals surface area contributed by atoms with Crippen LogP contribution in [0.15, 0.2) is 158 Å². The number of hydrogen-bond acceptors (Lipinski definition) is 4. The molecule has 0 aromatic heterocycles. The second kappa shape index (κ2) is 16.4. The summed E-state index contributed by atoms with van der Waals surface area (Å²) < 4.78 is 0. The number of hydrogen-bond donors (Lipinski definition) is 2. The van der Waals surface area contributed by atoms with E-state index in [0.29, 0.717) is 0 Å². The van der Waals surface area contributed by atoms with Crippen molar-refractivity contribution in [3.63, 3.8) is 0 Å². The summed E-state index contributed by atoms with van der Waals surface area (Å²) in [5.41, 5.74) is 23.5. The van der Waals surface area contributed by atoms with Crippen LogP contribution in [0.3, 0.4) is 0 Å². The van der Waals surface area contributed by atoms with Gasteiger partial charge in [0.1, 0.15) is 0 Å². The van der Waals surface area contributed by atoms with Gasteiger partial charge in [-0.15, -0.1) is 0 Å². The SMILES string of the molecule is C=C/C(=C\C=C/C)NC(N=N)c1ccccc1.C=C1/C=C\C=C/N(c2ccc(C)cc2)c2c3c(c4c(c21)-c1ccccc1C4)C=CC3.CC. The highest BCUT2D eigenvalue weighted by atomic mass is 15.1. The summed E-state index contributed by atoms with van der Waals surface area (Å²) in [4.78, 5) is 2.36. The van der Waals surface area contributed by atoms with Gasteiger partial charge in [-0.2, -0.15) is 5.11 Å². The van der Waals surface area contributed by atoms with Crippen LogP contribution in [0.5, 0.6) is 0 Å². The molecule has 2 N–H and O–H groups in total. The zero-order valence-corrected chi connectivity index (χ0v) is 29.1. The Hall–Kier alpha value is -5.74. The van der Waals surface area contributed by atoms with Crippen molar-refractivity contribution < 1.29 is 0 Å². The molecule has 0 spiro atoms. The minimum Gasteiger partial charge on any atom is -0.359 e. The Balaban J connectivity index is 0.000000212. The van der Waals surface area contributed by atoms with Gasteiger partial charge in [0.15, 0.2) is 6.17 Å². The van der Waals surface area contributed by atoms with Gasteiger partial charge in [-0.3, -0.25) is 0 Å². The van der Waals surface area contributed by atoms with Crippen LogP contribution in [0, 0.1) is 12.5 Å². The molecule has 1 unspecified atom stereocenters. The van der Waals surface area contributed by atoms with Crippen LogP contribution in [0.4, 0.5) is 11.4 Å². The van der Waals surface area contributed by atoms with Crippen LogP contribution in [-0.2, 0) is 12.8 Å². The van der Waals surface area contributed by atoms with E-state index in [1.165, 1.54) is 55.9 Å². The number of benzene rings is 4. The van der Waals surface area contributed by atoms with Gasteiger partial charge in [-0.25, -0.2) is 5.53 Å². The van der Waals surface area contributed by atoms with Crippen LogP contribution in [0.1, 0.15) is 65.9 Å². The molecule has 4 aromatic carbocycles. The van der Waals surface area contributed by atoms with Crippen molar-refractivity contribution in [2.45, 2.75) is 46.7 Å². The lowest BCUT2D eigenvalue weighted by molar-refractivity contribution is 0.591. The first-order valence-electron chi connectivity index (χ1n) is 17.0. The molecule has 2 aliphatic carbocycles. The van der Waals surface area contributed by atoms with Gasteiger partial charge < -0.3 is 10.2 Å². The average Bonchev–Trinajstić information content (AvgIpc) is 3.78. The molecule has 246 valence electrons. The lowest BCUT2D eigenvalue weighted by atomic mass is 9.86. The van der Waals surface area contributed by atoms with E-state index in [1.54, 1.807) is 6.08 Å². The standard InChI is InChI=1S/C29H23N.C14H17N3.C2H6/c1-19-13-15-22(16-14-19)30-17-6-5-8-20(2)27-28-23-10-4-3-9-21(23)18-26(28)24-11-7-12-25(24)29(27)30;1-3-5-11-13(4-2)16-14(17-15)12-9-7-6-8-10-12;1-2/h3-11,13-17H,2,12,18H2,1H3;3-11,14-16H,2H2,1H3;1-2H3/b8-5-,17-6-;5-3-,13-11+,17-15?;. The van der Waals surface area contributed by atoms with Gasteiger partial charge in [-0.1, -0.05) is 136 Å². The van der Waals surface area contributed by atoms with E-state index in [2.05, 4.69) is 121 Å². The van der Waals surface area contributed by atoms with Gasteiger partial charge in [0.2, 0.25) is 0 Å². The Morgan fingerprint density at radius 3 is 2.37 bits per heavy atom. The number of nitrogens with zero attached hydrogens (tertiary/aromatic N) is 2. The zero-order valence-electron chi connectivity index (χ0n) is 29.1. The summed E-state index contributed by atoms with van der Waals surface area (Å²) in [6, 6.07) is 27.3. The van der Waals surface area contributed by atoms with Crippen LogP contribution < -0.4 is 10.2 Å². The molecule has 0 saturated carbocycles. The Kier molecular flexibility index (Phi) is 11.6. The van der Waals surface area contributed by atoms with Crippen LogP contribution in [0.25, 0.3) is 22.8 Å². The summed E-state index contributed by atoms with van der Waals surface area (Å²) in [5.74, 6) is 0. The summed E-state index contributed by atoms with van der Waals surface area (Å²) >= 11 is 0. The van der Waals surface area contributed by atoms with Gasteiger partial charge in [0.25, 0.3) is 0 Å². The Morgan fingerprint density at radius 1 is 0.918 bits per heavy atom. The summed E-state index contributed by atoms with van der Waals surface area (Å²) in [6.07, 6.45) is 22.2. The molecule has 1 aliphatic heterocycles. The highest BCUT2D eigenvalue weighted by molar-refractivity contribution is 6.01. The van der Waals surface area contributed by atoms with E-state index in [-0.39, 0.29) is 6.17 Å². The zero-order chi connectivity index (χ0) is 34.8. The largest absolute Gasteiger partial charge is 0.359 e.